The molecule has 12 heteroatoms. The highest BCUT2D eigenvalue weighted by Gasteiger charge is 2.35. The average Bonchev–Trinajstić information content (AvgIpc) is 2.89. The molecule has 0 bridgehead atoms. The molecule has 194 valence electrons. The summed E-state index contributed by atoms with van der Waals surface area (Å²) in [5.41, 5.74) is 0.109. The van der Waals surface area contributed by atoms with Crippen LogP contribution in [0.1, 0.15) is 26.3 Å². The second kappa shape index (κ2) is 10.9. The molecular formula is C26H20F4N6O2. The molecule has 4 aromatic rings. The van der Waals surface area contributed by atoms with Crippen LogP contribution in [0, 0.1) is 5.82 Å². The summed E-state index contributed by atoms with van der Waals surface area (Å²) in [6.07, 6.45) is -4.13. The lowest BCUT2D eigenvalue weighted by Gasteiger charge is -2.16. The molecule has 0 spiro atoms. The molecule has 3 aromatic carbocycles. The maximum Gasteiger partial charge on any atom is 0.421 e. The molecule has 0 aliphatic rings. The predicted octanol–water partition coefficient (Wildman–Crippen LogP) is 5.73. The number of halogens is 4. The van der Waals surface area contributed by atoms with Gasteiger partial charge in [0.1, 0.15) is 17.2 Å². The average molecular weight is 524 g/mol. The fourth-order valence-corrected chi connectivity index (χ4v) is 3.40. The van der Waals surface area contributed by atoms with E-state index in [-0.39, 0.29) is 22.8 Å². The third-order valence-electron chi connectivity index (χ3n) is 5.23. The second-order valence-electron chi connectivity index (χ2n) is 7.87. The van der Waals surface area contributed by atoms with Gasteiger partial charge in [-0.25, -0.2) is 9.37 Å². The summed E-state index contributed by atoms with van der Waals surface area (Å²) in [7, 11) is 1.41. The second-order valence-corrected chi connectivity index (χ2v) is 7.87. The Morgan fingerprint density at radius 1 is 0.842 bits per heavy atom. The molecule has 1 aromatic heterocycles. The molecule has 0 saturated heterocycles. The fraction of sp³-hybridized carbons (Fsp3) is 0.0769. The van der Waals surface area contributed by atoms with E-state index in [1.54, 1.807) is 36.4 Å². The maximum atomic E-state index is 13.7. The number of para-hydroxylation sites is 1. The Labute approximate surface area is 214 Å². The molecule has 0 fully saturated rings. The summed E-state index contributed by atoms with van der Waals surface area (Å²) in [6.45, 7) is 0. The van der Waals surface area contributed by atoms with E-state index in [4.69, 9.17) is 0 Å². The number of benzene rings is 3. The first-order chi connectivity index (χ1) is 18.1. The normalized spacial score (nSPS) is 11.0. The lowest BCUT2D eigenvalue weighted by atomic mass is 10.1. The fourth-order valence-electron chi connectivity index (χ4n) is 3.40. The van der Waals surface area contributed by atoms with Crippen LogP contribution < -0.4 is 21.3 Å². The number of carbonyl (C=O) groups excluding carboxylic acids is 2. The SMILES string of the molecule is CNC(=O)c1ccccc1Nc1nc(Nc2ccc(NC(=O)c3cccc(F)c3)cc2)ncc1C(F)(F)F. The first-order valence-electron chi connectivity index (χ1n) is 11.1. The first-order valence-corrected chi connectivity index (χ1v) is 11.1. The molecule has 38 heavy (non-hydrogen) atoms. The summed E-state index contributed by atoms with van der Waals surface area (Å²) in [4.78, 5) is 32.2. The topological polar surface area (TPSA) is 108 Å². The molecule has 0 saturated carbocycles. The van der Waals surface area contributed by atoms with Crippen LogP contribution >= 0.6 is 0 Å². The van der Waals surface area contributed by atoms with E-state index < -0.39 is 35.2 Å². The summed E-state index contributed by atoms with van der Waals surface area (Å²) < 4.78 is 54.3. The van der Waals surface area contributed by atoms with E-state index >= 15 is 0 Å². The van der Waals surface area contributed by atoms with Crippen LogP contribution in [0.2, 0.25) is 0 Å². The number of rotatable bonds is 7. The number of amides is 2. The molecule has 2 amide bonds. The number of nitrogens with zero attached hydrogens (tertiary/aromatic N) is 2. The van der Waals surface area contributed by atoms with Gasteiger partial charge in [-0.05, 0) is 54.6 Å². The van der Waals surface area contributed by atoms with Crippen LogP contribution in [-0.4, -0.2) is 28.8 Å². The van der Waals surface area contributed by atoms with Crippen molar-refractivity contribution >= 4 is 40.6 Å². The Hall–Kier alpha value is -5.00. The lowest BCUT2D eigenvalue weighted by Crippen LogP contribution is -2.20. The predicted molar refractivity (Wildman–Crippen MR) is 134 cm³/mol. The molecule has 0 radical (unpaired) electrons. The first kappa shape index (κ1) is 26.1. The standard InChI is InChI=1S/C26H20F4N6O2/c1-31-24(38)19-7-2-3-8-21(19)35-22-20(26(28,29)30)14-32-25(36-22)34-18-11-9-17(10-12-18)33-23(37)15-5-4-6-16(27)13-15/h2-14H,1H3,(H,31,38)(H,33,37)(H2,32,34,35,36). The van der Waals surface area contributed by atoms with E-state index in [0.717, 1.165) is 6.07 Å². The summed E-state index contributed by atoms with van der Waals surface area (Å²) in [5, 5.41) is 10.5. The van der Waals surface area contributed by atoms with Crippen molar-refractivity contribution in [3.63, 3.8) is 0 Å². The highest BCUT2D eigenvalue weighted by atomic mass is 19.4. The third kappa shape index (κ3) is 6.22. The van der Waals surface area contributed by atoms with Crippen molar-refractivity contribution in [1.29, 1.82) is 0 Å². The minimum absolute atomic E-state index is 0.125. The summed E-state index contributed by atoms with van der Waals surface area (Å²) >= 11 is 0. The summed E-state index contributed by atoms with van der Waals surface area (Å²) in [6, 6.07) is 17.5. The van der Waals surface area contributed by atoms with Crippen molar-refractivity contribution in [2.45, 2.75) is 6.18 Å². The number of nitrogens with one attached hydrogen (secondary N) is 4. The Morgan fingerprint density at radius 3 is 2.24 bits per heavy atom. The van der Waals surface area contributed by atoms with Crippen molar-refractivity contribution in [3.05, 3.63) is 102 Å². The van der Waals surface area contributed by atoms with Crippen LogP contribution in [0.15, 0.2) is 79.0 Å². The van der Waals surface area contributed by atoms with Gasteiger partial charge in [0.05, 0.1) is 11.3 Å². The zero-order valence-corrected chi connectivity index (χ0v) is 19.7. The summed E-state index contributed by atoms with van der Waals surface area (Å²) in [5.74, 6) is -2.23. The molecule has 0 aliphatic heterocycles. The molecule has 0 atom stereocenters. The molecule has 4 N–H and O–H groups in total. The van der Waals surface area contributed by atoms with Gasteiger partial charge in [-0.1, -0.05) is 18.2 Å². The van der Waals surface area contributed by atoms with Crippen molar-refractivity contribution in [3.8, 4) is 0 Å². The molecule has 0 unspecified atom stereocenters. The van der Waals surface area contributed by atoms with Crippen LogP contribution in [0.5, 0.6) is 0 Å². The Bertz CT molecular complexity index is 1480. The number of alkyl halides is 3. The number of hydrogen-bond acceptors (Lipinski definition) is 6. The number of aromatic nitrogens is 2. The Morgan fingerprint density at radius 2 is 1.55 bits per heavy atom. The largest absolute Gasteiger partial charge is 0.421 e. The van der Waals surface area contributed by atoms with Gasteiger partial charge in [-0.3, -0.25) is 9.59 Å². The molecule has 8 nitrogen and oxygen atoms in total. The number of carbonyl (C=O) groups is 2. The van der Waals surface area contributed by atoms with Gasteiger partial charge in [0.15, 0.2) is 0 Å². The van der Waals surface area contributed by atoms with E-state index in [2.05, 4.69) is 31.2 Å². The third-order valence-corrected chi connectivity index (χ3v) is 5.23. The zero-order valence-electron chi connectivity index (χ0n) is 19.7. The van der Waals surface area contributed by atoms with E-state index in [1.807, 2.05) is 0 Å². The van der Waals surface area contributed by atoms with Crippen molar-refractivity contribution in [2.75, 3.05) is 23.0 Å². The quantitative estimate of drug-likeness (QED) is 0.230. The minimum Gasteiger partial charge on any atom is -0.355 e. The van der Waals surface area contributed by atoms with Crippen molar-refractivity contribution in [2.24, 2.45) is 0 Å². The van der Waals surface area contributed by atoms with Crippen LogP contribution in [-0.2, 0) is 6.18 Å². The highest BCUT2D eigenvalue weighted by molar-refractivity contribution is 6.04. The van der Waals surface area contributed by atoms with E-state index in [1.165, 1.54) is 37.4 Å². The smallest absolute Gasteiger partial charge is 0.355 e. The zero-order chi connectivity index (χ0) is 27.3. The van der Waals surface area contributed by atoms with Gasteiger partial charge in [-0.2, -0.15) is 18.2 Å². The van der Waals surface area contributed by atoms with Gasteiger partial charge in [0.25, 0.3) is 11.8 Å². The number of hydrogen-bond donors (Lipinski definition) is 4. The Balaban J connectivity index is 1.54. The van der Waals surface area contributed by atoms with Gasteiger partial charge in [0.2, 0.25) is 5.95 Å². The monoisotopic (exact) mass is 524 g/mol. The van der Waals surface area contributed by atoms with Crippen molar-refractivity contribution in [1.82, 2.24) is 15.3 Å². The van der Waals surface area contributed by atoms with Crippen LogP contribution in [0.3, 0.4) is 0 Å². The van der Waals surface area contributed by atoms with Crippen LogP contribution in [0.25, 0.3) is 0 Å². The number of anilines is 5. The van der Waals surface area contributed by atoms with Gasteiger partial charge < -0.3 is 21.3 Å². The van der Waals surface area contributed by atoms with Gasteiger partial charge in [0, 0.05) is 30.2 Å². The van der Waals surface area contributed by atoms with Gasteiger partial charge >= 0.3 is 6.18 Å². The highest BCUT2D eigenvalue weighted by Crippen LogP contribution is 2.36. The van der Waals surface area contributed by atoms with E-state index in [0.29, 0.717) is 17.6 Å². The Kier molecular flexibility index (Phi) is 7.51. The molecule has 0 aliphatic carbocycles. The minimum atomic E-state index is -4.76. The maximum absolute atomic E-state index is 13.7. The molecule has 4 rings (SSSR count). The molecular weight excluding hydrogens is 504 g/mol. The van der Waals surface area contributed by atoms with Crippen LogP contribution in [0.4, 0.5) is 46.4 Å². The lowest BCUT2D eigenvalue weighted by molar-refractivity contribution is -0.137. The van der Waals surface area contributed by atoms with E-state index in [9.17, 15) is 27.2 Å². The van der Waals surface area contributed by atoms with Gasteiger partial charge in [-0.15, -0.1) is 0 Å². The molecule has 1 heterocycles. The van der Waals surface area contributed by atoms with Crippen molar-refractivity contribution < 1.29 is 27.2 Å².